The zero-order chi connectivity index (χ0) is 14.1. The summed E-state index contributed by atoms with van der Waals surface area (Å²) in [7, 11) is -1.20. The van der Waals surface area contributed by atoms with Crippen LogP contribution in [-0.2, 0) is 0 Å². The summed E-state index contributed by atoms with van der Waals surface area (Å²) in [6.07, 6.45) is 9.64. The van der Waals surface area contributed by atoms with E-state index in [9.17, 15) is 0 Å². The van der Waals surface area contributed by atoms with Gasteiger partial charge in [-0.2, -0.15) is 0 Å². The molecular formula is C19H21Si. The van der Waals surface area contributed by atoms with Crippen LogP contribution in [0.3, 0.4) is 0 Å². The van der Waals surface area contributed by atoms with Gasteiger partial charge in [-0.1, -0.05) is 79.3 Å². The largest absolute Gasteiger partial charge is 0.108 e. The lowest BCUT2D eigenvalue weighted by Crippen LogP contribution is -2.21. The van der Waals surface area contributed by atoms with Crippen LogP contribution in [-0.4, -0.2) is 8.07 Å². The molecule has 1 heterocycles. The van der Waals surface area contributed by atoms with E-state index in [0.717, 1.165) is 0 Å². The summed E-state index contributed by atoms with van der Waals surface area (Å²) in [6.45, 7) is 9.81. The minimum absolute atomic E-state index is 0.358. The van der Waals surface area contributed by atoms with Crippen molar-refractivity contribution in [3.63, 3.8) is 0 Å². The zero-order valence-corrected chi connectivity index (χ0v) is 13.7. The molecule has 101 valence electrons. The number of fused-ring (bicyclic) bond motifs is 1. The molecule has 0 saturated carbocycles. The van der Waals surface area contributed by atoms with Gasteiger partial charge in [0.2, 0.25) is 0 Å². The van der Waals surface area contributed by atoms with Crippen molar-refractivity contribution >= 4 is 14.1 Å². The molecule has 1 atom stereocenters. The van der Waals surface area contributed by atoms with E-state index >= 15 is 0 Å². The Balaban J connectivity index is 1.76. The summed E-state index contributed by atoms with van der Waals surface area (Å²) >= 11 is 0. The van der Waals surface area contributed by atoms with Gasteiger partial charge in [-0.25, -0.2) is 0 Å². The smallest absolute Gasteiger partial charge is 0.0723 e. The molecule has 1 aromatic rings. The Kier molecular flexibility index (Phi) is 2.26. The highest BCUT2D eigenvalue weighted by Gasteiger charge is 2.55. The molecular weight excluding hydrogens is 256 g/mol. The summed E-state index contributed by atoms with van der Waals surface area (Å²) in [5.41, 5.74) is 4.72. The first-order chi connectivity index (χ1) is 9.41. The van der Waals surface area contributed by atoms with E-state index in [1.807, 2.05) is 0 Å². The highest BCUT2D eigenvalue weighted by Crippen LogP contribution is 2.59. The first-order valence-electron chi connectivity index (χ1n) is 7.57. The van der Waals surface area contributed by atoms with Crippen molar-refractivity contribution in [2.24, 2.45) is 5.41 Å². The minimum atomic E-state index is -1.20. The van der Waals surface area contributed by atoms with Gasteiger partial charge in [0.25, 0.3) is 0 Å². The fourth-order valence-electron chi connectivity index (χ4n) is 4.38. The number of hydrogen-bond acceptors (Lipinski definition) is 0. The summed E-state index contributed by atoms with van der Waals surface area (Å²) in [5, 5.41) is 3.38. The van der Waals surface area contributed by atoms with E-state index in [0.29, 0.717) is 11.3 Å². The predicted octanol–water partition coefficient (Wildman–Crippen LogP) is 5.05. The van der Waals surface area contributed by atoms with Crippen LogP contribution < -0.4 is 0 Å². The van der Waals surface area contributed by atoms with Crippen molar-refractivity contribution in [1.29, 1.82) is 0 Å². The van der Waals surface area contributed by atoms with Gasteiger partial charge in [0.15, 0.2) is 0 Å². The van der Waals surface area contributed by atoms with Crippen LogP contribution in [0.15, 0.2) is 46.3 Å². The van der Waals surface area contributed by atoms with Crippen molar-refractivity contribution in [2.45, 2.75) is 39.3 Å². The Morgan fingerprint density at radius 1 is 1.20 bits per heavy atom. The molecule has 0 aromatic heterocycles. The van der Waals surface area contributed by atoms with Crippen LogP contribution in [0, 0.1) is 11.5 Å². The molecule has 2 aliphatic carbocycles. The minimum Gasteiger partial charge on any atom is -0.0723 e. The molecule has 0 amide bonds. The molecule has 20 heavy (non-hydrogen) atoms. The van der Waals surface area contributed by atoms with Crippen molar-refractivity contribution < 1.29 is 0 Å². The normalized spacial score (nSPS) is 28.0. The lowest BCUT2D eigenvalue weighted by molar-refractivity contribution is 0.453. The van der Waals surface area contributed by atoms with Crippen LogP contribution in [0.25, 0.3) is 6.08 Å². The van der Waals surface area contributed by atoms with Gasteiger partial charge in [-0.3, -0.25) is 0 Å². The van der Waals surface area contributed by atoms with Gasteiger partial charge in [-0.05, 0) is 29.0 Å². The van der Waals surface area contributed by atoms with Crippen molar-refractivity contribution in [3.8, 4) is 0 Å². The maximum absolute atomic E-state index is 3.83. The second-order valence-electron chi connectivity index (χ2n) is 7.55. The second kappa shape index (κ2) is 3.65. The number of benzene rings is 1. The van der Waals surface area contributed by atoms with Gasteiger partial charge in [-0.15, -0.1) is 0 Å². The molecule has 1 heteroatoms. The van der Waals surface area contributed by atoms with E-state index in [2.05, 4.69) is 69.4 Å². The Labute approximate surface area is 122 Å². The topological polar surface area (TPSA) is 0 Å². The molecule has 3 aliphatic rings. The van der Waals surface area contributed by atoms with Crippen molar-refractivity contribution in [2.75, 3.05) is 0 Å². The maximum atomic E-state index is 3.83. The van der Waals surface area contributed by atoms with Crippen molar-refractivity contribution in [3.05, 3.63) is 63.5 Å². The lowest BCUT2D eigenvalue weighted by Gasteiger charge is -2.29. The van der Waals surface area contributed by atoms with E-state index in [1.54, 1.807) is 10.4 Å². The molecule has 0 bridgehead atoms. The average Bonchev–Trinajstić information content (AvgIpc) is 2.79. The Morgan fingerprint density at radius 2 is 1.95 bits per heavy atom. The highest BCUT2D eigenvalue weighted by molar-refractivity contribution is 7.01. The van der Waals surface area contributed by atoms with E-state index in [4.69, 9.17) is 0 Å². The molecule has 0 fully saturated rings. The molecule has 0 saturated heterocycles. The standard InChI is InChI=1S/C19H21Si/c1-19(2)12-14(11-17-18(19)20(17,3)4)16-10-9-13-7-5-6-8-15(13)16/h5-10,16H,12H2,1-4H3. The third-order valence-electron chi connectivity index (χ3n) is 5.21. The first-order valence-corrected chi connectivity index (χ1v) is 10.6. The van der Waals surface area contributed by atoms with E-state index < -0.39 is 8.07 Å². The summed E-state index contributed by atoms with van der Waals surface area (Å²) in [5.74, 6) is 0.463. The fourth-order valence-corrected chi connectivity index (χ4v) is 8.72. The van der Waals surface area contributed by atoms with Crippen molar-refractivity contribution in [1.82, 2.24) is 0 Å². The molecule has 1 aliphatic heterocycles. The summed E-state index contributed by atoms with van der Waals surface area (Å²) < 4.78 is 0. The molecule has 0 spiro atoms. The zero-order valence-electron chi connectivity index (χ0n) is 12.7. The third-order valence-corrected chi connectivity index (χ3v) is 8.76. The fraction of sp³-hybridized carbons (Fsp3) is 0.368. The second-order valence-corrected chi connectivity index (χ2v) is 11.8. The predicted molar refractivity (Wildman–Crippen MR) is 87.9 cm³/mol. The average molecular weight is 277 g/mol. The summed E-state index contributed by atoms with van der Waals surface area (Å²) in [6, 6.07) is 8.79. The number of hydrogen-bond donors (Lipinski definition) is 0. The van der Waals surface area contributed by atoms with Crippen LogP contribution in [0.5, 0.6) is 0 Å². The lowest BCUT2D eigenvalue weighted by atomic mass is 9.77. The van der Waals surface area contributed by atoms with Crippen LogP contribution in [0.1, 0.15) is 37.3 Å². The SMILES string of the molecule is CC1(C)CC(C2C=Cc3ccccc32)=[C]C2=C1[Si]2(C)C. The van der Waals surface area contributed by atoms with Gasteiger partial charge in [0, 0.05) is 5.92 Å². The van der Waals surface area contributed by atoms with Crippen LogP contribution in [0.2, 0.25) is 13.1 Å². The molecule has 0 N–H and O–H groups in total. The van der Waals surface area contributed by atoms with E-state index in [-0.39, 0.29) is 0 Å². The van der Waals surface area contributed by atoms with E-state index in [1.165, 1.54) is 23.1 Å². The molecule has 4 rings (SSSR count). The molecule has 1 aromatic carbocycles. The van der Waals surface area contributed by atoms with Gasteiger partial charge in [0.1, 0.15) is 8.07 Å². The van der Waals surface area contributed by atoms with Gasteiger partial charge >= 0.3 is 0 Å². The number of rotatable bonds is 1. The summed E-state index contributed by atoms with van der Waals surface area (Å²) in [4.78, 5) is 0. The molecule has 0 nitrogen and oxygen atoms in total. The maximum Gasteiger partial charge on any atom is 0.108 e. The monoisotopic (exact) mass is 277 g/mol. The van der Waals surface area contributed by atoms with Crippen LogP contribution >= 0.6 is 0 Å². The Hall–Kier alpha value is -1.34. The molecule has 1 unspecified atom stereocenters. The van der Waals surface area contributed by atoms with Gasteiger partial charge in [0.05, 0.1) is 0 Å². The first kappa shape index (κ1) is 12.4. The number of allylic oxidation sites excluding steroid dienone is 5. The van der Waals surface area contributed by atoms with Crippen LogP contribution in [0.4, 0.5) is 0 Å². The quantitative estimate of drug-likeness (QED) is 0.630. The van der Waals surface area contributed by atoms with Gasteiger partial charge < -0.3 is 0 Å². The Morgan fingerprint density at radius 3 is 2.70 bits per heavy atom. The Bertz CT molecular complexity index is 698. The third kappa shape index (κ3) is 1.53. The highest BCUT2D eigenvalue weighted by atomic mass is 28.3. The molecule has 1 radical (unpaired) electrons.